The lowest BCUT2D eigenvalue weighted by atomic mass is 9.99. The van der Waals surface area contributed by atoms with Gasteiger partial charge in [-0.25, -0.2) is 0 Å². The highest BCUT2D eigenvalue weighted by molar-refractivity contribution is 7.96. The van der Waals surface area contributed by atoms with E-state index in [0.717, 1.165) is 34.8 Å². The maximum atomic E-state index is 11.8. The van der Waals surface area contributed by atoms with Crippen molar-refractivity contribution in [3.8, 4) is 16.9 Å². The van der Waals surface area contributed by atoms with Gasteiger partial charge in [-0.1, -0.05) is 38.1 Å². The van der Waals surface area contributed by atoms with E-state index in [1.54, 1.807) is 21.1 Å². The van der Waals surface area contributed by atoms with Crippen molar-refractivity contribution in [1.29, 1.82) is 0 Å². The molecule has 23 heavy (non-hydrogen) atoms. The lowest BCUT2D eigenvalue weighted by Crippen LogP contribution is -2.00. The summed E-state index contributed by atoms with van der Waals surface area (Å²) in [6.07, 6.45) is 0. The van der Waals surface area contributed by atoms with Gasteiger partial charge < -0.3 is 13.6 Å². The largest absolute Gasteiger partial charge is 0.496 e. The molecule has 0 saturated carbocycles. The van der Waals surface area contributed by atoms with Gasteiger partial charge in [0.25, 0.3) is 0 Å². The maximum Gasteiger partial charge on any atom is 0.161 e. The molecule has 0 unspecified atom stereocenters. The summed E-state index contributed by atoms with van der Waals surface area (Å²) in [4.78, 5) is 11.8. The van der Waals surface area contributed by atoms with Crippen LogP contribution in [0.4, 0.5) is 5.69 Å². The number of benzene rings is 2. The Kier molecular flexibility index (Phi) is 8.22. The van der Waals surface area contributed by atoms with Crippen molar-refractivity contribution in [3.05, 3.63) is 48.0 Å². The smallest absolute Gasteiger partial charge is 0.161 e. The molecule has 0 saturated heterocycles. The molecule has 0 atom stereocenters. The van der Waals surface area contributed by atoms with Crippen LogP contribution in [-0.2, 0) is 4.18 Å². The molecule has 2 aromatic carbocycles. The molecule has 0 aromatic heterocycles. The molecule has 0 heterocycles. The summed E-state index contributed by atoms with van der Waals surface area (Å²) < 4.78 is 13.3. The van der Waals surface area contributed by atoms with Crippen molar-refractivity contribution < 1.29 is 13.7 Å². The molecule has 0 fully saturated rings. The molecular formula is C18H23NO3S. The van der Waals surface area contributed by atoms with Gasteiger partial charge in [0.1, 0.15) is 18.0 Å². The molecule has 2 rings (SSSR count). The van der Waals surface area contributed by atoms with E-state index < -0.39 is 0 Å². The number of rotatable bonds is 6. The second-order valence-corrected chi connectivity index (χ2v) is 5.07. The van der Waals surface area contributed by atoms with Crippen molar-refractivity contribution >= 4 is 23.7 Å². The van der Waals surface area contributed by atoms with Crippen molar-refractivity contribution in [2.24, 2.45) is 0 Å². The monoisotopic (exact) mass is 333 g/mol. The van der Waals surface area contributed by atoms with Crippen LogP contribution in [0.25, 0.3) is 11.1 Å². The molecule has 0 spiro atoms. The van der Waals surface area contributed by atoms with Crippen molar-refractivity contribution in [2.75, 3.05) is 18.9 Å². The van der Waals surface area contributed by atoms with Gasteiger partial charge in [0.15, 0.2) is 5.78 Å². The summed E-state index contributed by atoms with van der Waals surface area (Å²) in [5.41, 5.74) is 3.23. The maximum absolute atomic E-state index is 11.8. The molecule has 0 aliphatic heterocycles. The summed E-state index contributed by atoms with van der Waals surface area (Å²) in [5.74, 6) is 0.768. The van der Waals surface area contributed by atoms with Crippen LogP contribution in [0.2, 0.25) is 0 Å². The van der Waals surface area contributed by atoms with Gasteiger partial charge in [0.2, 0.25) is 0 Å². The van der Waals surface area contributed by atoms with E-state index in [9.17, 15) is 4.79 Å². The first-order valence-electron chi connectivity index (χ1n) is 7.41. The predicted octanol–water partition coefficient (Wildman–Crippen LogP) is 5.21. The molecular weight excluding hydrogens is 310 g/mol. The Morgan fingerprint density at radius 2 is 1.78 bits per heavy atom. The van der Waals surface area contributed by atoms with Gasteiger partial charge in [-0.15, -0.1) is 0 Å². The third-order valence-electron chi connectivity index (χ3n) is 3.05. The first-order chi connectivity index (χ1) is 11.2. The average Bonchev–Trinajstić information content (AvgIpc) is 2.61. The standard InChI is InChI=1S/C16H17NO3S.C2H6/c1-11(18)14-10-12(8-9-15(14)17-21-20-3)13-6-4-5-7-16(13)19-2;1-2/h4-10,17H,1-3H3;1-2H3. The SMILES string of the molecule is CC.COSNc1ccc(-c2ccccc2OC)cc1C(C)=O. The van der Waals surface area contributed by atoms with E-state index in [2.05, 4.69) is 4.72 Å². The summed E-state index contributed by atoms with van der Waals surface area (Å²) >= 11 is 1.08. The molecule has 124 valence electrons. The van der Waals surface area contributed by atoms with E-state index in [1.165, 1.54) is 0 Å². The number of para-hydroxylation sites is 1. The Hall–Kier alpha value is -1.98. The lowest BCUT2D eigenvalue weighted by molar-refractivity contribution is 0.101. The fraction of sp³-hybridized carbons (Fsp3) is 0.278. The number of methoxy groups -OCH3 is 1. The van der Waals surface area contributed by atoms with Gasteiger partial charge in [-0.3, -0.25) is 4.79 Å². The predicted molar refractivity (Wildman–Crippen MR) is 98.0 cm³/mol. The van der Waals surface area contributed by atoms with E-state index in [1.807, 2.05) is 56.3 Å². The highest BCUT2D eigenvalue weighted by Crippen LogP contribution is 2.32. The number of ether oxygens (including phenoxy) is 1. The fourth-order valence-corrected chi connectivity index (χ4v) is 2.41. The van der Waals surface area contributed by atoms with Crippen LogP contribution < -0.4 is 9.46 Å². The molecule has 0 bridgehead atoms. The highest BCUT2D eigenvalue weighted by atomic mass is 32.2. The van der Waals surface area contributed by atoms with Crippen LogP contribution in [0.5, 0.6) is 5.75 Å². The van der Waals surface area contributed by atoms with Gasteiger partial charge >= 0.3 is 0 Å². The first kappa shape index (κ1) is 19.1. The summed E-state index contributed by atoms with van der Waals surface area (Å²) in [6.45, 7) is 5.55. The summed E-state index contributed by atoms with van der Waals surface area (Å²) in [7, 11) is 3.20. The highest BCUT2D eigenvalue weighted by Gasteiger charge is 2.12. The normalized spacial score (nSPS) is 9.61. The Morgan fingerprint density at radius 3 is 2.39 bits per heavy atom. The zero-order chi connectivity index (χ0) is 17.2. The Morgan fingerprint density at radius 1 is 1.09 bits per heavy atom. The quantitative estimate of drug-likeness (QED) is 0.446. The van der Waals surface area contributed by atoms with Crippen LogP contribution in [-0.4, -0.2) is 20.0 Å². The Labute approximate surface area is 142 Å². The number of carbonyl (C=O) groups excluding carboxylic acids is 1. The zero-order valence-electron chi connectivity index (χ0n) is 14.2. The topological polar surface area (TPSA) is 47.6 Å². The second-order valence-electron chi connectivity index (χ2n) is 4.37. The third-order valence-corrected chi connectivity index (χ3v) is 3.52. The first-order valence-corrected chi connectivity index (χ1v) is 8.15. The van der Waals surface area contributed by atoms with E-state index in [-0.39, 0.29) is 5.78 Å². The minimum atomic E-state index is -0.00838. The number of carbonyl (C=O) groups is 1. The molecule has 2 aromatic rings. The number of hydrogen-bond acceptors (Lipinski definition) is 5. The van der Waals surface area contributed by atoms with Gasteiger partial charge in [0, 0.05) is 11.1 Å². The number of anilines is 1. The Balaban J connectivity index is 0.00000127. The molecule has 0 aliphatic rings. The average molecular weight is 333 g/mol. The van der Waals surface area contributed by atoms with Crippen LogP contribution in [0.3, 0.4) is 0 Å². The minimum Gasteiger partial charge on any atom is -0.496 e. The van der Waals surface area contributed by atoms with Crippen molar-refractivity contribution in [1.82, 2.24) is 0 Å². The van der Waals surface area contributed by atoms with Gasteiger partial charge in [-0.05, 0) is 30.7 Å². The summed E-state index contributed by atoms with van der Waals surface area (Å²) in [6, 6.07) is 13.4. The zero-order valence-corrected chi connectivity index (χ0v) is 15.0. The van der Waals surface area contributed by atoms with Crippen LogP contribution in [0.1, 0.15) is 31.1 Å². The van der Waals surface area contributed by atoms with Gasteiger partial charge in [-0.2, -0.15) is 0 Å². The molecule has 0 aliphatic carbocycles. The number of nitrogens with one attached hydrogen (secondary N) is 1. The van der Waals surface area contributed by atoms with E-state index >= 15 is 0 Å². The second kappa shape index (κ2) is 9.92. The minimum absolute atomic E-state index is 0.00838. The van der Waals surface area contributed by atoms with Crippen LogP contribution in [0.15, 0.2) is 42.5 Å². The summed E-state index contributed by atoms with van der Waals surface area (Å²) in [5, 5.41) is 0. The number of hydrogen-bond donors (Lipinski definition) is 1. The third kappa shape index (κ3) is 5.01. The van der Waals surface area contributed by atoms with E-state index in [4.69, 9.17) is 8.92 Å². The molecule has 1 N–H and O–H groups in total. The lowest BCUT2D eigenvalue weighted by Gasteiger charge is -2.12. The Bertz CT molecular complexity index is 644. The van der Waals surface area contributed by atoms with Gasteiger partial charge in [0.05, 0.1) is 19.9 Å². The van der Waals surface area contributed by atoms with Crippen LogP contribution >= 0.6 is 12.2 Å². The van der Waals surface area contributed by atoms with Crippen LogP contribution in [0, 0.1) is 0 Å². The number of ketones is 1. The van der Waals surface area contributed by atoms with E-state index in [0.29, 0.717) is 5.56 Å². The molecule has 5 heteroatoms. The number of Topliss-reactive ketones (excluding diaryl/α,β-unsaturated/α-hetero) is 1. The molecule has 0 radical (unpaired) electrons. The van der Waals surface area contributed by atoms with Crippen molar-refractivity contribution in [2.45, 2.75) is 20.8 Å². The molecule has 4 nitrogen and oxygen atoms in total. The fourth-order valence-electron chi connectivity index (χ4n) is 2.06. The van der Waals surface area contributed by atoms with Crippen molar-refractivity contribution in [3.63, 3.8) is 0 Å². The molecule has 0 amide bonds.